The number of hydrogen-bond donors (Lipinski definition) is 1. The van der Waals surface area contributed by atoms with Gasteiger partial charge in [-0.2, -0.15) is 0 Å². The smallest absolute Gasteiger partial charge is 0.335 e. The number of hydrogen-bond acceptors (Lipinski definition) is 8. The van der Waals surface area contributed by atoms with E-state index in [1.165, 1.54) is 12.1 Å². The highest BCUT2D eigenvalue weighted by Gasteiger charge is 2.26. The number of carbonyl (C=O) groups is 1. The number of aromatic nitrogens is 4. The minimum absolute atomic E-state index is 0.103. The van der Waals surface area contributed by atoms with E-state index in [0.29, 0.717) is 41.9 Å². The average molecular weight is 572 g/mol. The van der Waals surface area contributed by atoms with Gasteiger partial charge in [-0.1, -0.05) is 6.07 Å². The number of carboxylic acid groups (broad SMARTS) is 1. The molecule has 2 aliphatic rings. The molecule has 2 saturated heterocycles. The number of fused-ring (bicyclic) bond motifs is 2. The second kappa shape index (κ2) is 11.1. The lowest BCUT2D eigenvalue weighted by atomic mass is 9.93. The van der Waals surface area contributed by atoms with Gasteiger partial charge in [0.05, 0.1) is 35.8 Å². The van der Waals surface area contributed by atoms with E-state index in [9.17, 15) is 14.3 Å². The molecule has 0 aliphatic carbocycles. The van der Waals surface area contributed by atoms with Crippen molar-refractivity contribution in [2.75, 3.05) is 19.7 Å². The largest absolute Gasteiger partial charge is 0.478 e. The zero-order chi connectivity index (χ0) is 28.6. The van der Waals surface area contributed by atoms with Gasteiger partial charge in [0.25, 0.3) is 0 Å². The van der Waals surface area contributed by atoms with Crippen LogP contribution in [0.3, 0.4) is 0 Å². The van der Waals surface area contributed by atoms with Crippen molar-refractivity contribution in [2.24, 2.45) is 0 Å². The van der Waals surface area contributed by atoms with Crippen molar-refractivity contribution in [1.29, 1.82) is 0 Å². The van der Waals surface area contributed by atoms with E-state index in [1.807, 2.05) is 18.2 Å². The topological polar surface area (TPSA) is 116 Å². The molecule has 0 radical (unpaired) electrons. The maximum Gasteiger partial charge on any atom is 0.335 e. The van der Waals surface area contributed by atoms with Gasteiger partial charge in [0.2, 0.25) is 11.8 Å². The Morgan fingerprint density at radius 3 is 2.67 bits per heavy atom. The molecule has 7 rings (SSSR count). The Kier molecular flexibility index (Phi) is 7.04. The summed E-state index contributed by atoms with van der Waals surface area (Å²) >= 11 is 0. The van der Waals surface area contributed by atoms with Crippen LogP contribution in [0.5, 0.6) is 5.88 Å². The number of pyridine rings is 1. The van der Waals surface area contributed by atoms with Crippen molar-refractivity contribution in [3.8, 4) is 5.88 Å². The Balaban J connectivity index is 1.000. The van der Waals surface area contributed by atoms with Crippen LogP contribution >= 0.6 is 0 Å². The van der Waals surface area contributed by atoms with Crippen molar-refractivity contribution in [3.63, 3.8) is 0 Å². The number of imidazole rings is 1. The fourth-order valence-corrected chi connectivity index (χ4v) is 5.73. The summed E-state index contributed by atoms with van der Waals surface area (Å²) in [5.41, 5.74) is 3.85. The summed E-state index contributed by atoms with van der Waals surface area (Å²) in [6.45, 7) is 4.00. The van der Waals surface area contributed by atoms with Gasteiger partial charge in [0.1, 0.15) is 17.2 Å². The third-order valence-corrected chi connectivity index (χ3v) is 8.11. The van der Waals surface area contributed by atoms with Crippen LogP contribution in [0, 0.1) is 5.82 Å². The number of piperidine rings is 1. The summed E-state index contributed by atoms with van der Waals surface area (Å²) < 4.78 is 32.8. The minimum atomic E-state index is -0.945. The lowest BCUT2D eigenvalue weighted by Gasteiger charge is -2.32. The maximum absolute atomic E-state index is 13.5. The molecule has 0 amide bonds. The first-order valence-corrected chi connectivity index (χ1v) is 14.2. The molecule has 1 N–H and O–H groups in total. The van der Waals surface area contributed by atoms with Crippen LogP contribution in [0.2, 0.25) is 0 Å². The van der Waals surface area contributed by atoms with E-state index in [2.05, 4.69) is 14.5 Å². The van der Waals surface area contributed by atoms with E-state index in [4.69, 9.17) is 23.9 Å². The first-order chi connectivity index (χ1) is 20.5. The Labute approximate surface area is 240 Å². The van der Waals surface area contributed by atoms with E-state index in [-0.39, 0.29) is 24.1 Å². The summed E-state index contributed by atoms with van der Waals surface area (Å²) in [4.78, 5) is 27.9. The first-order valence-electron chi connectivity index (χ1n) is 14.2. The third-order valence-electron chi connectivity index (χ3n) is 8.11. The van der Waals surface area contributed by atoms with E-state index >= 15 is 0 Å². The summed E-state index contributed by atoms with van der Waals surface area (Å²) in [6, 6.07) is 15.1. The van der Waals surface area contributed by atoms with Gasteiger partial charge in [-0.15, -0.1) is 0 Å². The highest BCUT2D eigenvalue weighted by molar-refractivity contribution is 5.92. The van der Waals surface area contributed by atoms with E-state index in [0.717, 1.165) is 61.5 Å². The normalized spacial score (nSPS) is 18.0. The molecule has 5 aromatic rings. The highest BCUT2D eigenvalue weighted by Crippen LogP contribution is 2.30. The molecule has 2 aromatic carbocycles. The van der Waals surface area contributed by atoms with Gasteiger partial charge in [0.15, 0.2) is 12.2 Å². The molecule has 0 spiro atoms. The van der Waals surface area contributed by atoms with Crippen LogP contribution in [-0.4, -0.2) is 61.3 Å². The lowest BCUT2D eigenvalue weighted by Crippen LogP contribution is -2.35. The Morgan fingerprint density at radius 2 is 1.88 bits per heavy atom. The standard InChI is InChI=1S/C31H30FN5O5/c32-21-5-7-27-25(15-21)35-30(42-27)18-41-29-3-1-2-23(34-29)19-8-11-36(12-9-19)17-28-33-24-6-4-20(31(38)39)14-26(24)37(28)16-22-10-13-40-22/h1-7,14-15,19,22H,8-13,16-18H2,(H,38,39). The number of aromatic carboxylic acids is 1. The van der Waals surface area contributed by atoms with E-state index in [1.54, 1.807) is 24.3 Å². The molecule has 216 valence electrons. The zero-order valence-electron chi connectivity index (χ0n) is 22.9. The number of ether oxygens (including phenoxy) is 2. The molecule has 10 nitrogen and oxygen atoms in total. The molecule has 5 heterocycles. The summed E-state index contributed by atoms with van der Waals surface area (Å²) in [6.07, 6.45) is 3.02. The number of likely N-dealkylation sites (tertiary alicyclic amines) is 1. The number of nitrogens with zero attached hydrogens (tertiary/aromatic N) is 5. The molecule has 11 heteroatoms. The van der Waals surface area contributed by atoms with Crippen LogP contribution in [-0.2, 0) is 24.4 Å². The number of rotatable bonds is 9. The van der Waals surface area contributed by atoms with Crippen LogP contribution in [0.15, 0.2) is 59.0 Å². The molecular weight excluding hydrogens is 541 g/mol. The fraction of sp³-hybridized carbons (Fsp3) is 0.355. The molecule has 0 bridgehead atoms. The van der Waals surface area contributed by atoms with Crippen molar-refractivity contribution in [2.45, 2.75) is 51.0 Å². The van der Waals surface area contributed by atoms with Crippen LogP contribution < -0.4 is 4.74 Å². The van der Waals surface area contributed by atoms with Crippen LogP contribution in [0.1, 0.15) is 52.9 Å². The number of oxazole rings is 1. The quantitative estimate of drug-likeness (QED) is 0.256. The molecule has 1 atom stereocenters. The first kappa shape index (κ1) is 26.5. The summed E-state index contributed by atoms with van der Waals surface area (Å²) in [7, 11) is 0. The van der Waals surface area contributed by atoms with Gasteiger partial charge < -0.3 is 23.6 Å². The van der Waals surface area contributed by atoms with E-state index < -0.39 is 5.97 Å². The molecule has 3 aromatic heterocycles. The SMILES string of the molecule is O=C(O)c1ccc2nc(CN3CCC(c4cccc(OCc5nc6cc(F)ccc6o5)n4)CC3)n(CC3CCO3)c2c1. The highest BCUT2D eigenvalue weighted by atomic mass is 19.1. The van der Waals surface area contributed by atoms with Gasteiger partial charge >= 0.3 is 5.97 Å². The molecule has 0 saturated carbocycles. The Morgan fingerprint density at radius 1 is 1.02 bits per heavy atom. The average Bonchev–Trinajstić information content (AvgIpc) is 3.53. The second-order valence-electron chi connectivity index (χ2n) is 10.9. The van der Waals surface area contributed by atoms with Crippen molar-refractivity contribution < 1.29 is 28.2 Å². The van der Waals surface area contributed by atoms with Gasteiger partial charge in [-0.25, -0.2) is 24.1 Å². The number of carboxylic acids is 1. The molecular formula is C31H30FN5O5. The predicted molar refractivity (Wildman–Crippen MR) is 151 cm³/mol. The van der Waals surface area contributed by atoms with Crippen LogP contribution in [0.4, 0.5) is 4.39 Å². The second-order valence-corrected chi connectivity index (χ2v) is 10.9. The third kappa shape index (κ3) is 5.45. The van der Waals surface area contributed by atoms with Gasteiger partial charge in [0, 0.05) is 30.4 Å². The van der Waals surface area contributed by atoms with Gasteiger partial charge in [-0.05, 0) is 68.8 Å². The fourth-order valence-electron chi connectivity index (χ4n) is 5.73. The molecule has 1 unspecified atom stereocenters. The summed E-state index contributed by atoms with van der Waals surface area (Å²) in [5.74, 6) is 0.787. The van der Waals surface area contributed by atoms with Gasteiger partial charge in [-0.3, -0.25) is 4.90 Å². The monoisotopic (exact) mass is 571 g/mol. The lowest BCUT2D eigenvalue weighted by molar-refractivity contribution is -0.0592. The Hall–Kier alpha value is -4.35. The van der Waals surface area contributed by atoms with Crippen LogP contribution in [0.25, 0.3) is 22.1 Å². The summed E-state index contributed by atoms with van der Waals surface area (Å²) in [5, 5.41) is 9.50. The molecule has 2 aliphatic heterocycles. The zero-order valence-corrected chi connectivity index (χ0v) is 22.9. The Bertz CT molecular complexity index is 1760. The van der Waals surface area contributed by atoms with Crippen molar-refractivity contribution >= 4 is 28.1 Å². The molecule has 42 heavy (non-hydrogen) atoms. The van der Waals surface area contributed by atoms with Crippen molar-refractivity contribution in [1.82, 2.24) is 24.4 Å². The maximum atomic E-state index is 13.5. The predicted octanol–water partition coefficient (Wildman–Crippen LogP) is 5.16. The van der Waals surface area contributed by atoms with Crippen molar-refractivity contribution in [3.05, 3.63) is 83.4 Å². The number of benzene rings is 2. The molecule has 2 fully saturated rings. The minimum Gasteiger partial charge on any atom is -0.478 e. The number of halogens is 1.